The largest absolute Gasteiger partial charge is 0.392 e. The van der Waals surface area contributed by atoms with Gasteiger partial charge in [-0.15, -0.1) is 0 Å². The predicted octanol–water partition coefficient (Wildman–Crippen LogP) is 4.87. The molecular formula is C16H18Br4O4. The summed E-state index contributed by atoms with van der Waals surface area (Å²) in [5.41, 5.74) is 1.93. The van der Waals surface area contributed by atoms with E-state index in [-0.39, 0.29) is 13.2 Å². The number of aliphatic hydroxyl groups is 2. The van der Waals surface area contributed by atoms with E-state index in [0.29, 0.717) is 26.4 Å². The van der Waals surface area contributed by atoms with E-state index in [9.17, 15) is 0 Å². The van der Waals surface area contributed by atoms with Crippen molar-refractivity contribution < 1.29 is 19.7 Å². The van der Waals surface area contributed by atoms with Gasteiger partial charge in [-0.05, 0) is 63.7 Å². The smallest absolute Gasteiger partial charge is 0.0743 e. The maximum absolute atomic E-state index is 8.71. The Morgan fingerprint density at radius 3 is 1.42 bits per heavy atom. The molecule has 0 aliphatic heterocycles. The van der Waals surface area contributed by atoms with Crippen LogP contribution < -0.4 is 0 Å². The first-order chi connectivity index (χ1) is 11.5. The molecule has 1 rings (SSSR count). The molecule has 4 nitrogen and oxygen atoms in total. The van der Waals surface area contributed by atoms with Crippen LogP contribution in [0.1, 0.15) is 11.1 Å². The number of halogens is 4. The van der Waals surface area contributed by atoms with Gasteiger partial charge < -0.3 is 19.7 Å². The Hall–Kier alpha value is 0.460. The first kappa shape index (κ1) is 22.5. The van der Waals surface area contributed by atoms with Gasteiger partial charge in [0.25, 0.3) is 0 Å². The summed E-state index contributed by atoms with van der Waals surface area (Å²) < 4.78 is 14.8. The van der Waals surface area contributed by atoms with Gasteiger partial charge in [-0.25, -0.2) is 0 Å². The van der Waals surface area contributed by atoms with Gasteiger partial charge in [-0.1, -0.05) is 24.3 Å². The highest BCUT2D eigenvalue weighted by Gasteiger charge is 2.19. The fourth-order valence-corrected chi connectivity index (χ4v) is 4.66. The average molecular weight is 594 g/mol. The van der Waals surface area contributed by atoms with Gasteiger partial charge in [0.1, 0.15) is 0 Å². The molecule has 0 saturated heterocycles. The van der Waals surface area contributed by atoms with Crippen LogP contribution in [0.2, 0.25) is 0 Å². The van der Waals surface area contributed by atoms with Crippen LogP contribution in [0.3, 0.4) is 0 Å². The van der Waals surface area contributed by atoms with E-state index in [1.807, 2.05) is 0 Å². The van der Waals surface area contributed by atoms with Gasteiger partial charge in [0.2, 0.25) is 0 Å². The highest BCUT2D eigenvalue weighted by Crippen LogP contribution is 2.42. The summed E-state index contributed by atoms with van der Waals surface area (Å²) in [6.07, 6.45) is 6.82. The summed E-state index contributed by atoms with van der Waals surface area (Å²) in [6, 6.07) is 0. The van der Waals surface area contributed by atoms with Crippen molar-refractivity contribution in [1.29, 1.82) is 0 Å². The molecule has 8 heteroatoms. The number of hydrogen-bond acceptors (Lipinski definition) is 4. The predicted molar refractivity (Wildman–Crippen MR) is 109 cm³/mol. The minimum absolute atomic E-state index is 0.00674. The van der Waals surface area contributed by atoms with Crippen molar-refractivity contribution in [3.05, 3.63) is 53.3 Å². The van der Waals surface area contributed by atoms with Crippen LogP contribution in [-0.4, -0.2) is 36.6 Å². The third-order valence-corrected chi connectivity index (χ3v) is 7.47. The molecule has 134 valence electrons. The molecule has 0 fully saturated rings. The minimum atomic E-state index is 0.00674. The number of benzene rings is 1. The summed E-state index contributed by atoms with van der Waals surface area (Å²) >= 11 is 14.3. The molecule has 0 aliphatic carbocycles. The first-order valence-electron chi connectivity index (χ1n) is 7.05. The Morgan fingerprint density at radius 2 is 1.04 bits per heavy atom. The van der Waals surface area contributed by atoms with Crippen LogP contribution >= 0.6 is 63.7 Å². The standard InChI is InChI=1S/C16H18Br4O4/c17-13-11(9-23-7-3-1-5-21)14(18)16(20)15(19)12(13)10-24-8-4-2-6-22/h1-4,21-22H,5-10H2. The third kappa shape index (κ3) is 6.99. The molecule has 0 heterocycles. The van der Waals surface area contributed by atoms with E-state index in [2.05, 4.69) is 63.7 Å². The zero-order valence-corrected chi connectivity index (χ0v) is 19.1. The van der Waals surface area contributed by atoms with Crippen LogP contribution in [0.4, 0.5) is 0 Å². The summed E-state index contributed by atoms with van der Waals surface area (Å²) in [6.45, 7) is 1.66. The quantitative estimate of drug-likeness (QED) is 0.176. The van der Waals surface area contributed by atoms with Crippen molar-refractivity contribution in [2.45, 2.75) is 13.2 Å². The van der Waals surface area contributed by atoms with Crippen LogP contribution in [0.25, 0.3) is 0 Å². The van der Waals surface area contributed by atoms with Crippen LogP contribution in [-0.2, 0) is 22.7 Å². The van der Waals surface area contributed by atoms with Crippen molar-refractivity contribution in [3.8, 4) is 0 Å². The molecule has 0 spiro atoms. The van der Waals surface area contributed by atoms with E-state index < -0.39 is 0 Å². The van der Waals surface area contributed by atoms with Gasteiger partial charge in [-0.3, -0.25) is 0 Å². The first-order valence-corrected chi connectivity index (χ1v) is 10.2. The topological polar surface area (TPSA) is 58.9 Å². The van der Waals surface area contributed by atoms with E-state index in [1.165, 1.54) is 0 Å². The molecule has 0 saturated carbocycles. The Bertz CT molecular complexity index is 541. The fourth-order valence-electron chi connectivity index (χ4n) is 1.73. The molecule has 2 N–H and O–H groups in total. The van der Waals surface area contributed by atoms with Crippen molar-refractivity contribution >= 4 is 63.7 Å². The number of aliphatic hydroxyl groups excluding tert-OH is 2. The average Bonchev–Trinajstić information content (AvgIpc) is 2.58. The summed E-state index contributed by atoms with van der Waals surface area (Å²) in [5.74, 6) is 0. The molecule has 1 aromatic carbocycles. The van der Waals surface area contributed by atoms with Gasteiger partial charge in [0.15, 0.2) is 0 Å². The van der Waals surface area contributed by atoms with Crippen molar-refractivity contribution in [2.24, 2.45) is 0 Å². The maximum Gasteiger partial charge on any atom is 0.0743 e. The van der Waals surface area contributed by atoms with Gasteiger partial charge >= 0.3 is 0 Å². The van der Waals surface area contributed by atoms with Gasteiger partial charge in [-0.2, -0.15) is 0 Å². The monoisotopic (exact) mass is 590 g/mol. The minimum Gasteiger partial charge on any atom is -0.392 e. The highest BCUT2D eigenvalue weighted by atomic mass is 79.9. The molecular weight excluding hydrogens is 576 g/mol. The second kappa shape index (κ2) is 12.8. The zero-order valence-electron chi connectivity index (χ0n) is 12.8. The second-order valence-corrected chi connectivity index (χ2v) is 7.72. The molecule has 1 aromatic rings. The summed E-state index contributed by atoms with van der Waals surface area (Å²) in [4.78, 5) is 0. The van der Waals surface area contributed by atoms with Gasteiger partial charge in [0, 0.05) is 29.0 Å². The lowest BCUT2D eigenvalue weighted by atomic mass is 10.1. The Labute approximate surface area is 175 Å². The zero-order chi connectivity index (χ0) is 17.9. The van der Waals surface area contributed by atoms with E-state index in [1.54, 1.807) is 24.3 Å². The van der Waals surface area contributed by atoms with Crippen molar-refractivity contribution in [2.75, 3.05) is 26.4 Å². The lowest BCUT2D eigenvalue weighted by Gasteiger charge is -2.17. The van der Waals surface area contributed by atoms with Crippen LogP contribution in [0.15, 0.2) is 42.2 Å². The molecule has 0 atom stereocenters. The maximum atomic E-state index is 8.71. The Morgan fingerprint density at radius 1 is 0.625 bits per heavy atom. The number of hydrogen-bond donors (Lipinski definition) is 2. The van der Waals surface area contributed by atoms with Crippen LogP contribution in [0, 0.1) is 0 Å². The second-order valence-electron chi connectivity index (χ2n) is 4.55. The molecule has 0 aromatic heterocycles. The Balaban J connectivity index is 2.87. The molecule has 24 heavy (non-hydrogen) atoms. The molecule has 0 bridgehead atoms. The fraction of sp³-hybridized carbons (Fsp3) is 0.375. The van der Waals surface area contributed by atoms with Crippen molar-refractivity contribution in [1.82, 2.24) is 0 Å². The SMILES string of the molecule is OCC=CCOCc1c(Br)c(Br)c(Br)c(COCC=CCO)c1Br. The summed E-state index contributed by atoms with van der Waals surface area (Å²) in [5, 5.41) is 17.4. The van der Waals surface area contributed by atoms with Crippen molar-refractivity contribution in [3.63, 3.8) is 0 Å². The number of rotatable bonds is 10. The van der Waals surface area contributed by atoms with E-state index in [4.69, 9.17) is 19.7 Å². The molecule has 0 amide bonds. The normalized spacial score (nSPS) is 11.9. The van der Waals surface area contributed by atoms with Gasteiger partial charge in [0.05, 0.1) is 39.6 Å². The third-order valence-electron chi connectivity index (χ3n) is 2.91. The lowest BCUT2D eigenvalue weighted by Crippen LogP contribution is -2.03. The highest BCUT2D eigenvalue weighted by molar-refractivity contribution is 9.14. The number of ether oxygens (including phenoxy) is 2. The Kier molecular flexibility index (Phi) is 12.0. The van der Waals surface area contributed by atoms with Crippen LogP contribution in [0.5, 0.6) is 0 Å². The van der Waals surface area contributed by atoms with E-state index >= 15 is 0 Å². The molecule has 0 unspecified atom stereocenters. The molecule has 0 radical (unpaired) electrons. The molecule has 0 aliphatic rings. The van der Waals surface area contributed by atoms with E-state index in [0.717, 1.165) is 29.0 Å². The summed E-state index contributed by atoms with van der Waals surface area (Å²) in [7, 11) is 0. The lowest BCUT2D eigenvalue weighted by molar-refractivity contribution is 0.142.